The van der Waals surface area contributed by atoms with Crippen LogP contribution in [0.3, 0.4) is 0 Å². The summed E-state index contributed by atoms with van der Waals surface area (Å²) in [4.78, 5) is 14.1. The van der Waals surface area contributed by atoms with Gasteiger partial charge in [0.1, 0.15) is 5.78 Å². The van der Waals surface area contributed by atoms with Crippen LogP contribution in [0.15, 0.2) is 0 Å². The molecule has 3 heteroatoms. The van der Waals surface area contributed by atoms with Gasteiger partial charge >= 0.3 is 0 Å². The third-order valence-electron chi connectivity index (χ3n) is 4.09. The van der Waals surface area contributed by atoms with Crippen LogP contribution >= 0.6 is 0 Å². The van der Waals surface area contributed by atoms with E-state index in [0.717, 1.165) is 19.4 Å². The number of carbonyl (C=O) groups excluding carboxylic acids is 1. The Morgan fingerprint density at radius 1 is 1.31 bits per heavy atom. The molecule has 2 heterocycles. The maximum atomic E-state index is 11.6. The van der Waals surface area contributed by atoms with Gasteiger partial charge in [-0.1, -0.05) is 13.8 Å². The van der Waals surface area contributed by atoms with Crippen LogP contribution in [-0.4, -0.2) is 42.5 Å². The first-order valence-electron chi connectivity index (χ1n) is 6.41. The van der Waals surface area contributed by atoms with Crippen molar-refractivity contribution in [1.29, 1.82) is 0 Å². The van der Waals surface area contributed by atoms with Gasteiger partial charge in [-0.05, 0) is 18.8 Å². The number of piperidine rings is 1. The molecule has 0 spiro atoms. The number of carbonyl (C=O) groups is 1. The lowest BCUT2D eigenvalue weighted by Crippen LogP contribution is -2.52. The summed E-state index contributed by atoms with van der Waals surface area (Å²) in [5.41, 5.74) is 0. The monoisotopic (exact) mass is 225 g/mol. The molecule has 3 nitrogen and oxygen atoms in total. The summed E-state index contributed by atoms with van der Waals surface area (Å²) >= 11 is 0. The average Bonchev–Trinajstić information content (AvgIpc) is 2.46. The molecule has 2 aliphatic heterocycles. The van der Waals surface area contributed by atoms with Gasteiger partial charge in [0.05, 0.1) is 6.61 Å². The molecule has 2 rings (SSSR count). The first-order valence-corrected chi connectivity index (χ1v) is 6.41. The number of rotatable bonds is 4. The third-order valence-corrected chi connectivity index (χ3v) is 4.09. The van der Waals surface area contributed by atoms with Crippen LogP contribution < -0.4 is 0 Å². The van der Waals surface area contributed by atoms with E-state index in [1.807, 2.05) is 0 Å². The smallest absolute Gasteiger partial charge is 0.136 e. The van der Waals surface area contributed by atoms with Gasteiger partial charge in [-0.15, -0.1) is 0 Å². The third kappa shape index (κ3) is 2.16. The number of methoxy groups -OCH3 is 1. The van der Waals surface area contributed by atoms with Crippen LogP contribution in [0.1, 0.15) is 39.5 Å². The summed E-state index contributed by atoms with van der Waals surface area (Å²) in [7, 11) is 1.77. The van der Waals surface area contributed by atoms with Gasteiger partial charge in [-0.25, -0.2) is 0 Å². The molecule has 2 aliphatic rings. The van der Waals surface area contributed by atoms with Crippen LogP contribution in [0.2, 0.25) is 0 Å². The van der Waals surface area contributed by atoms with E-state index in [4.69, 9.17) is 4.74 Å². The zero-order chi connectivity index (χ0) is 11.7. The lowest BCUT2D eigenvalue weighted by Gasteiger charge is -2.41. The van der Waals surface area contributed by atoms with Gasteiger partial charge in [0.25, 0.3) is 0 Å². The highest BCUT2D eigenvalue weighted by Crippen LogP contribution is 2.37. The second-order valence-corrected chi connectivity index (χ2v) is 5.55. The van der Waals surface area contributed by atoms with Crippen molar-refractivity contribution in [2.45, 2.75) is 57.7 Å². The zero-order valence-corrected chi connectivity index (χ0v) is 10.6. The Morgan fingerprint density at radius 3 is 2.31 bits per heavy atom. The van der Waals surface area contributed by atoms with Crippen molar-refractivity contribution in [3.05, 3.63) is 0 Å². The van der Waals surface area contributed by atoms with Gasteiger partial charge < -0.3 is 4.74 Å². The minimum absolute atomic E-state index is 0.462. The van der Waals surface area contributed by atoms with Crippen LogP contribution in [0, 0.1) is 5.92 Å². The fourth-order valence-electron chi connectivity index (χ4n) is 3.34. The predicted molar refractivity (Wildman–Crippen MR) is 63.4 cm³/mol. The van der Waals surface area contributed by atoms with Crippen LogP contribution in [0.25, 0.3) is 0 Å². The molecule has 0 amide bonds. The molecular weight excluding hydrogens is 202 g/mol. The molecule has 3 atom stereocenters. The van der Waals surface area contributed by atoms with Crippen molar-refractivity contribution in [3.8, 4) is 0 Å². The van der Waals surface area contributed by atoms with Crippen molar-refractivity contribution in [2.24, 2.45) is 5.92 Å². The van der Waals surface area contributed by atoms with E-state index in [1.165, 1.54) is 12.8 Å². The van der Waals surface area contributed by atoms with Crippen LogP contribution in [0.5, 0.6) is 0 Å². The van der Waals surface area contributed by atoms with Gasteiger partial charge in [-0.2, -0.15) is 0 Å². The first-order chi connectivity index (χ1) is 7.63. The topological polar surface area (TPSA) is 29.5 Å². The molecule has 0 radical (unpaired) electrons. The number of hydrogen-bond acceptors (Lipinski definition) is 3. The minimum Gasteiger partial charge on any atom is -0.383 e. The lowest BCUT2D eigenvalue weighted by atomic mass is 9.94. The van der Waals surface area contributed by atoms with Gasteiger partial charge in [0.2, 0.25) is 0 Å². The standard InChI is InChI=1S/C13H23NO2/c1-9(2)13(8-16-3)14-10-4-5-11(14)7-12(15)6-10/h9-11,13H,4-8H2,1-3H3. The van der Waals surface area contributed by atoms with E-state index in [1.54, 1.807) is 7.11 Å². The predicted octanol–water partition coefficient (Wildman–Crippen LogP) is 1.85. The fraction of sp³-hybridized carbons (Fsp3) is 0.923. The van der Waals surface area contributed by atoms with E-state index in [9.17, 15) is 4.79 Å². The summed E-state index contributed by atoms with van der Waals surface area (Å²) in [6.07, 6.45) is 3.93. The summed E-state index contributed by atoms with van der Waals surface area (Å²) < 4.78 is 5.34. The molecule has 3 unspecified atom stereocenters. The molecule has 0 N–H and O–H groups in total. The Bertz CT molecular complexity index is 249. The quantitative estimate of drug-likeness (QED) is 0.731. The van der Waals surface area contributed by atoms with Crippen molar-refractivity contribution in [1.82, 2.24) is 4.90 Å². The SMILES string of the molecule is COCC(C(C)C)N1C2CCC1CC(=O)C2. The Hall–Kier alpha value is -0.410. The Labute approximate surface area is 98.1 Å². The maximum absolute atomic E-state index is 11.6. The van der Waals surface area contributed by atoms with Gasteiger partial charge in [-0.3, -0.25) is 9.69 Å². The van der Waals surface area contributed by atoms with E-state index >= 15 is 0 Å². The van der Waals surface area contributed by atoms with Crippen LogP contribution in [0.4, 0.5) is 0 Å². The van der Waals surface area contributed by atoms with E-state index < -0.39 is 0 Å². The summed E-state index contributed by atoms with van der Waals surface area (Å²) in [5, 5.41) is 0. The molecule has 0 aromatic rings. The average molecular weight is 225 g/mol. The Morgan fingerprint density at radius 2 is 1.88 bits per heavy atom. The van der Waals surface area contributed by atoms with Crippen molar-refractivity contribution < 1.29 is 9.53 Å². The Balaban J connectivity index is 2.10. The first kappa shape index (κ1) is 12.1. The number of nitrogens with zero attached hydrogens (tertiary/aromatic N) is 1. The van der Waals surface area contributed by atoms with Crippen molar-refractivity contribution in [2.75, 3.05) is 13.7 Å². The second kappa shape index (κ2) is 4.84. The molecular formula is C13H23NO2. The number of fused-ring (bicyclic) bond motifs is 2. The number of hydrogen-bond donors (Lipinski definition) is 0. The number of ether oxygens (including phenoxy) is 1. The van der Waals surface area contributed by atoms with Gasteiger partial charge in [0.15, 0.2) is 0 Å². The molecule has 0 aromatic heterocycles. The normalized spacial score (nSPS) is 32.4. The molecule has 0 saturated carbocycles. The largest absolute Gasteiger partial charge is 0.383 e. The molecule has 0 aromatic carbocycles. The molecule has 2 fully saturated rings. The Kier molecular flexibility index (Phi) is 3.65. The summed E-state index contributed by atoms with van der Waals surface area (Å²) in [5.74, 6) is 1.06. The number of ketones is 1. The van der Waals surface area contributed by atoms with Crippen LogP contribution in [-0.2, 0) is 9.53 Å². The summed E-state index contributed by atoms with van der Waals surface area (Å²) in [6.45, 7) is 5.29. The van der Waals surface area contributed by atoms with Crippen molar-refractivity contribution in [3.63, 3.8) is 0 Å². The van der Waals surface area contributed by atoms with E-state index in [-0.39, 0.29) is 0 Å². The lowest BCUT2D eigenvalue weighted by molar-refractivity contribution is -0.125. The minimum atomic E-state index is 0.462. The summed E-state index contributed by atoms with van der Waals surface area (Å²) in [6, 6.07) is 1.47. The highest BCUT2D eigenvalue weighted by molar-refractivity contribution is 5.81. The highest BCUT2D eigenvalue weighted by atomic mass is 16.5. The second-order valence-electron chi connectivity index (χ2n) is 5.55. The molecule has 2 saturated heterocycles. The fourth-order valence-corrected chi connectivity index (χ4v) is 3.34. The molecule has 92 valence electrons. The molecule has 0 aliphatic carbocycles. The highest BCUT2D eigenvalue weighted by Gasteiger charge is 2.43. The van der Waals surface area contributed by atoms with E-state index in [0.29, 0.717) is 29.8 Å². The van der Waals surface area contributed by atoms with Crippen molar-refractivity contribution >= 4 is 5.78 Å². The van der Waals surface area contributed by atoms with E-state index in [2.05, 4.69) is 18.7 Å². The molecule has 16 heavy (non-hydrogen) atoms. The van der Waals surface area contributed by atoms with Gasteiger partial charge in [0, 0.05) is 38.1 Å². The molecule has 2 bridgehead atoms. The number of Topliss-reactive ketones (excluding diaryl/α,β-unsaturated/α-hetero) is 1. The maximum Gasteiger partial charge on any atom is 0.136 e. The zero-order valence-electron chi connectivity index (χ0n) is 10.6.